The quantitative estimate of drug-likeness (QED) is 0.257. The number of fused-ring (bicyclic) bond motifs is 2. The lowest BCUT2D eigenvalue weighted by Crippen LogP contribution is -2.46. The Kier molecular flexibility index (Phi) is 7.38. The molecule has 0 aliphatic carbocycles. The highest BCUT2D eigenvalue weighted by Gasteiger charge is 2.36. The Balaban J connectivity index is 1.51. The molecule has 1 atom stereocenters. The first-order valence-corrected chi connectivity index (χ1v) is 14.6. The molecule has 0 bridgehead atoms. The van der Waals surface area contributed by atoms with E-state index in [-0.39, 0.29) is 23.9 Å². The molecular formula is C27H23Cl2N3O3S2. The maximum absolute atomic E-state index is 13.8. The Morgan fingerprint density at radius 1 is 1.16 bits per heavy atom. The Labute approximate surface area is 229 Å². The zero-order valence-corrected chi connectivity index (χ0v) is 22.8. The van der Waals surface area contributed by atoms with Crippen LogP contribution in [0.4, 0.5) is 0 Å². The van der Waals surface area contributed by atoms with Crippen LogP contribution in [0.3, 0.4) is 0 Å². The average Bonchev–Trinajstić information content (AvgIpc) is 3.37. The van der Waals surface area contributed by atoms with Gasteiger partial charge in [0.15, 0.2) is 0 Å². The Morgan fingerprint density at radius 3 is 2.76 bits per heavy atom. The molecule has 2 aromatic heterocycles. The third kappa shape index (κ3) is 4.92. The molecule has 0 radical (unpaired) electrons. The number of para-hydroxylation sites is 1. The molecule has 0 fully saturated rings. The van der Waals surface area contributed by atoms with E-state index in [1.54, 1.807) is 58.8 Å². The second-order valence-electron chi connectivity index (χ2n) is 8.62. The lowest BCUT2D eigenvalue weighted by Gasteiger charge is -2.37. The van der Waals surface area contributed by atoms with Gasteiger partial charge in [-0.25, -0.2) is 8.42 Å². The minimum Gasteiger partial charge on any atom is -0.330 e. The van der Waals surface area contributed by atoms with Crippen LogP contribution < -0.4 is 0 Å². The van der Waals surface area contributed by atoms with Gasteiger partial charge in [0.05, 0.1) is 18.1 Å². The van der Waals surface area contributed by atoms with Crippen LogP contribution in [0.25, 0.3) is 10.9 Å². The first-order chi connectivity index (χ1) is 17.8. The van der Waals surface area contributed by atoms with Crippen LogP contribution in [0.1, 0.15) is 22.0 Å². The van der Waals surface area contributed by atoms with E-state index in [2.05, 4.69) is 11.6 Å². The van der Waals surface area contributed by atoms with E-state index >= 15 is 0 Å². The Hall–Kier alpha value is -2.75. The summed E-state index contributed by atoms with van der Waals surface area (Å²) in [6, 6.07) is 15.3. The molecule has 0 saturated carbocycles. The predicted molar refractivity (Wildman–Crippen MR) is 149 cm³/mol. The van der Waals surface area contributed by atoms with Gasteiger partial charge in [0.1, 0.15) is 4.90 Å². The van der Waals surface area contributed by atoms with Gasteiger partial charge in [-0.3, -0.25) is 9.78 Å². The fraction of sp³-hybridized carbons (Fsp3) is 0.185. The summed E-state index contributed by atoms with van der Waals surface area (Å²) in [5.41, 5.74) is 2.10. The Morgan fingerprint density at radius 2 is 1.97 bits per heavy atom. The zero-order chi connectivity index (χ0) is 26.2. The fourth-order valence-electron chi connectivity index (χ4n) is 4.70. The highest BCUT2D eigenvalue weighted by atomic mass is 35.5. The van der Waals surface area contributed by atoms with Gasteiger partial charge >= 0.3 is 0 Å². The molecular weight excluding hydrogens is 549 g/mol. The van der Waals surface area contributed by atoms with Crippen molar-refractivity contribution in [3.05, 3.63) is 105 Å². The second kappa shape index (κ2) is 10.6. The molecule has 1 unspecified atom stereocenters. The SMILES string of the molecule is C=CCN(CC(=O)N1CCc2sccc2C1c1ccc(Cl)cc1Cl)S(=O)(=O)c1cccc2cccnc12. The van der Waals surface area contributed by atoms with Crippen molar-refractivity contribution in [2.45, 2.75) is 17.4 Å². The van der Waals surface area contributed by atoms with Crippen LogP contribution in [-0.2, 0) is 21.2 Å². The summed E-state index contributed by atoms with van der Waals surface area (Å²) >= 11 is 14.4. The van der Waals surface area contributed by atoms with Crippen molar-refractivity contribution in [1.29, 1.82) is 0 Å². The van der Waals surface area contributed by atoms with Crippen LogP contribution in [0, 0.1) is 0 Å². The van der Waals surface area contributed by atoms with E-state index in [0.717, 1.165) is 15.4 Å². The number of aromatic nitrogens is 1. The number of nitrogens with zero attached hydrogens (tertiary/aromatic N) is 3. The van der Waals surface area contributed by atoms with E-state index in [1.165, 1.54) is 17.0 Å². The molecule has 0 N–H and O–H groups in total. The van der Waals surface area contributed by atoms with E-state index in [9.17, 15) is 13.2 Å². The number of carbonyl (C=O) groups excluding carboxylic acids is 1. The van der Waals surface area contributed by atoms with Crippen molar-refractivity contribution < 1.29 is 13.2 Å². The summed E-state index contributed by atoms with van der Waals surface area (Å²) in [5, 5.41) is 3.65. The number of pyridine rings is 1. The molecule has 1 aliphatic rings. The zero-order valence-electron chi connectivity index (χ0n) is 19.7. The molecule has 37 heavy (non-hydrogen) atoms. The summed E-state index contributed by atoms with van der Waals surface area (Å²) in [6.45, 7) is 3.78. The van der Waals surface area contributed by atoms with Gasteiger partial charge in [-0.15, -0.1) is 17.9 Å². The number of sulfonamides is 1. The lowest BCUT2D eigenvalue weighted by atomic mass is 9.93. The number of hydrogen-bond acceptors (Lipinski definition) is 5. The molecule has 1 amide bonds. The average molecular weight is 573 g/mol. The largest absolute Gasteiger partial charge is 0.330 e. The van der Waals surface area contributed by atoms with Gasteiger partial charge in [-0.1, -0.05) is 53.5 Å². The van der Waals surface area contributed by atoms with Crippen molar-refractivity contribution in [3.63, 3.8) is 0 Å². The van der Waals surface area contributed by atoms with Crippen LogP contribution in [-0.4, -0.2) is 48.1 Å². The minimum absolute atomic E-state index is 0.0266. The molecule has 10 heteroatoms. The monoisotopic (exact) mass is 571 g/mol. The summed E-state index contributed by atoms with van der Waals surface area (Å²) in [5.74, 6) is -0.327. The molecule has 6 nitrogen and oxygen atoms in total. The van der Waals surface area contributed by atoms with Crippen LogP contribution in [0.5, 0.6) is 0 Å². The van der Waals surface area contributed by atoms with Crippen molar-refractivity contribution in [2.75, 3.05) is 19.6 Å². The highest BCUT2D eigenvalue weighted by Crippen LogP contribution is 2.41. The smallest absolute Gasteiger partial charge is 0.246 e. The number of halogens is 2. The number of rotatable bonds is 7. The second-order valence-corrected chi connectivity index (χ2v) is 12.4. The molecule has 3 heterocycles. The highest BCUT2D eigenvalue weighted by molar-refractivity contribution is 7.89. The summed E-state index contributed by atoms with van der Waals surface area (Å²) in [7, 11) is -4.06. The van der Waals surface area contributed by atoms with Crippen LogP contribution >= 0.6 is 34.5 Å². The summed E-state index contributed by atoms with van der Waals surface area (Å²) in [4.78, 5) is 21.1. The molecule has 2 aromatic carbocycles. The predicted octanol–water partition coefficient (Wildman–Crippen LogP) is 5.95. The van der Waals surface area contributed by atoms with Crippen molar-refractivity contribution in [3.8, 4) is 0 Å². The first kappa shape index (κ1) is 25.9. The molecule has 190 valence electrons. The van der Waals surface area contributed by atoms with Gasteiger partial charge in [-0.2, -0.15) is 4.31 Å². The van der Waals surface area contributed by atoms with E-state index in [4.69, 9.17) is 23.2 Å². The maximum Gasteiger partial charge on any atom is 0.246 e. The maximum atomic E-state index is 13.8. The topological polar surface area (TPSA) is 70.6 Å². The number of benzene rings is 2. The van der Waals surface area contributed by atoms with Crippen LogP contribution in [0.15, 0.2) is 83.7 Å². The third-order valence-electron chi connectivity index (χ3n) is 6.40. The number of hydrogen-bond donors (Lipinski definition) is 0. The molecule has 1 aliphatic heterocycles. The van der Waals surface area contributed by atoms with Gasteiger partial charge in [0, 0.05) is 39.6 Å². The van der Waals surface area contributed by atoms with Crippen LogP contribution in [0.2, 0.25) is 10.0 Å². The van der Waals surface area contributed by atoms with E-state index < -0.39 is 16.1 Å². The normalized spacial score (nSPS) is 15.6. The van der Waals surface area contributed by atoms with E-state index in [1.807, 2.05) is 17.5 Å². The Bertz CT molecular complexity index is 1600. The number of thiophene rings is 1. The summed E-state index contributed by atoms with van der Waals surface area (Å²) in [6.07, 6.45) is 3.71. The third-order valence-corrected chi connectivity index (χ3v) is 9.80. The first-order valence-electron chi connectivity index (χ1n) is 11.6. The van der Waals surface area contributed by atoms with Gasteiger partial charge in [0.25, 0.3) is 0 Å². The molecule has 4 aromatic rings. The fourth-order valence-corrected chi connectivity index (χ4v) is 7.64. The molecule has 0 saturated heterocycles. The lowest BCUT2D eigenvalue weighted by molar-refractivity contribution is -0.133. The summed E-state index contributed by atoms with van der Waals surface area (Å²) < 4.78 is 28.7. The standard InChI is InChI=1S/C27H23Cl2N3O3S2/c1-2-13-31(37(34,35)24-7-3-5-18-6-4-12-30-26(18)24)17-25(33)32-14-10-23-21(11-15-36-23)27(32)20-9-8-19(28)16-22(20)29/h2-9,11-12,15-16,27H,1,10,13-14,17H2. The van der Waals surface area contributed by atoms with Crippen molar-refractivity contribution in [1.82, 2.24) is 14.2 Å². The molecule has 0 spiro atoms. The minimum atomic E-state index is -4.06. The number of carbonyl (C=O) groups is 1. The van der Waals surface area contributed by atoms with Crippen molar-refractivity contribution in [2.24, 2.45) is 0 Å². The van der Waals surface area contributed by atoms with Gasteiger partial charge in [0.2, 0.25) is 15.9 Å². The van der Waals surface area contributed by atoms with Gasteiger partial charge in [-0.05, 0) is 53.3 Å². The van der Waals surface area contributed by atoms with Crippen molar-refractivity contribution >= 4 is 61.4 Å². The van der Waals surface area contributed by atoms with E-state index in [0.29, 0.717) is 33.9 Å². The number of amides is 1. The van der Waals surface area contributed by atoms with Gasteiger partial charge < -0.3 is 4.90 Å². The molecule has 5 rings (SSSR count).